The summed E-state index contributed by atoms with van der Waals surface area (Å²) in [5.74, 6) is 1.08. The van der Waals surface area contributed by atoms with Gasteiger partial charge in [-0.05, 0) is 38.8 Å². The summed E-state index contributed by atoms with van der Waals surface area (Å²) in [6.07, 6.45) is 2.04. The minimum Gasteiger partial charge on any atom is -0.462 e. The van der Waals surface area contributed by atoms with Crippen molar-refractivity contribution in [3.8, 4) is 0 Å². The highest BCUT2D eigenvalue weighted by Gasteiger charge is 2.22. The molecule has 0 aliphatic rings. The van der Waals surface area contributed by atoms with Gasteiger partial charge in [0.25, 0.3) is 5.95 Å². The number of aromatic nitrogens is 5. The van der Waals surface area contributed by atoms with Gasteiger partial charge in [-0.1, -0.05) is 19.9 Å². The highest BCUT2D eigenvalue weighted by atomic mass is 16.5. The number of anilines is 2. The predicted molar refractivity (Wildman–Crippen MR) is 96.9 cm³/mol. The fourth-order valence-electron chi connectivity index (χ4n) is 2.23. The zero-order valence-electron chi connectivity index (χ0n) is 15.7. The van der Waals surface area contributed by atoms with Crippen molar-refractivity contribution in [2.45, 2.75) is 59.2 Å². The van der Waals surface area contributed by atoms with E-state index in [4.69, 9.17) is 4.74 Å². The van der Waals surface area contributed by atoms with Crippen molar-refractivity contribution in [2.75, 3.05) is 5.32 Å². The van der Waals surface area contributed by atoms with Gasteiger partial charge in [0.2, 0.25) is 0 Å². The molecule has 0 saturated carbocycles. The lowest BCUT2D eigenvalue weighted by atomic mass is 10.1. The van der Waals surface area contributed by atoms with E-state index >= 15 is 0 Å². The third kappa shape index (κ3) is 6.32. The van der Waals surface area contributed by atoms with Gasteiger partial charge in [-0.25, -0.2) is 4.98 Å². The number of nitrogens with one attached hydrogen (secondary N) is 2. The standard InChI is InChI=1S/C17H25N7O2/c1-10(2)19-14(16(25)26-11(3)4)8-13-6-7-15(18-9-13)20-17-23-21-12(5)22-24-17/h6-7,9-11,14,19H,8H2,1-5H3,(H,18,20,23,24). The molecule has 2 heterocycles. The fraction of sp³-hybridized carbons (Fsp3) is 0.529. The number of nitrogens with zero attached hydrogens (tertiary/aromatic N) is 5. The Bertz CT molecular complexity index is 702. The molecule has 0 fully saturated rings. The van der Waals surface area contributed by atoms with Gasteiger partial charge in [-0.15, -0.1) is 20.4 Å². The maximum atomic E-state index is 12.3. The summed E-state index contributed by atoms with van der Waals surface area (Å²) in [5.41, 5.74) is 0.912. The topological polar surface area (TPSA) is 115 Å². The third-order valence-corrected chi connectivity index (χ3v) is 3.25. The number of rotatable bonds is 8. The quantitative estimate of drug-likeness (QED) is 0.678. The minimum atomic E-state index is -0.424. The van der Waals surface area contributed by atoms with E-state index < -0.39 is 6.04 Å². The molecule has 2 N–H and O–H groups in total. The van der Waals surface area contributed by atoms with Crippen LogP contribution in [0.15, 0.2) is 18.3 Å². The lowest BCUT2D eigenvalue weighted by molar-refractivity contribution is -0.150. The minimum absolute atomic E-state index is 0.152. The Hall–Kier alpha value is -2.68. The average Bonchev–Trinajstić information content (AvgIpc) is 2.57. The molecular formula is C17H25N7O2. The van der Waals surface area contributed by atoms with Crippen LogP contribution in [-0.2, 0) is 16.0 Å². The second kappa shape index (κ2) is 9.14. The van der Waals surface area contributed by atoms with Crippen LogP contribution >= 0.6 is 0 Å². The van der Waals surface area contributed by atoms with Gasteiger partial charge in [-0.2, -0.15) is 0 Å². The SMILES string of the molecule is Cc1nnc(Nc2ccc(CC(NC(C)C)C(=O)OC(C)C)cn2)nn1. The first-order valence-electron chi connectivity index (χ1n) is 8.56. The Morgan fingerprint density at radius 3 is 2.35 bits per heavy atom. The first kappa shape index (κ1) is 19.6. The van der Waals surface area contributed by atoms with Crippen molar-refractivity contribution < 1.29 is 9.53 Å². The molecule has 2 aromatic heterocycles. The monoisotopic (exact) mass is 359 g/mol. The second-order valence-corrected chi connectivity index (χ2v) is 6.51. The van der Waals surface area contributed by atoms with Gasteiger partial charge >= 0.3 is 5.97 Å². The van der Waals surface area contributed by atoms with Crippen molar-refractivity contribution in [3.63, 3.8) is 0 Å². The van der Waals surface area contributed by atoms with E-state index in [-0.39, 0.29) is 24.1 Å². The molecule has 0 radical (unpaired) electrons. The molecule has 1 atom stereocenters. The first-order chi connectivity index (χ1) is 12.3. The lowest BCUT2D eigenvalue weighted by Gasteiger charge is -2.21. The van der Waals surface area contributed by atoms with Crippen LogP contribution in [0.3, 0.4) is 0 Å². The van der Waals surface area contributed by atoms with Gasteiger partial charge < -0.3 is 15.4 Å². The van der Waals surface area contributed by atoms with Crippen molar-refractivity contribution in [1.29, 1.82) is 0 Å². The Kier molecular flexibility index (Phi) is 6.90. The van der Waals surface area contributed by atoms with Gasteiger partial charge in [0.05, 0.1) is 6.10 Å². The number of ether oxygens (including phenoxy) is 1. The van der Waals surface area contributed by atoms with E-state index in [9.17, 15) is 4.79 Å². The summed E-state index contributed by atoms with van der Waals surface area (Å²) in [6, 6.07) is 3.42. The summed E-state index contributed by atoms with van der Waals surface area (Å²) in [7, 11) is 0. The van der Waals surface area contributed by atoms with E-state index in [0.29, 0.717) is 18.1 Å². The fourth-order valence-corrected chi connectivity index (χ4v) is 2.23. The average molecular weight is 359 g/mol. The lowest BCUT2D eigenvalue weighted by Crippen LogP contribution is -2.44. The second-order valence-electron chi connectivity index (χ2n) is 6.51. The maximum absolute atomic E-state index is 12.3. The molecule has 140 valence electrons. The van der Waals surface area contributed by atoms with E-state index in [0.717, 1.165) is 5.56 Å². The van der Waals surface area contributed by atoms with Crippen LogP contribution in [0.2, 0.25) is 0 Å². The molecule has 0 aliphatic heterocycles. The van der Waals surface area contributed by atoms with Crippen LogP contribution in [0.1, 0.15) is 39.1 Å². The Morgan fingerprint density at radius 1 is 1.12 bits per heavy atom. The van der Waals surface area contributed by atoms with Crippen molar-refractivity contribution >= 4 is 17.7 Å². The number of esters is 1. The van der Waals surface area contributed by atoms with Crippen LogP contribution < -0.4 is 10.6 Å². The van der Waals surface area contributed by atoms with Gasteiger partial charge in [-0.3, -0.25) is 4.79 Å². The largest absolute Gasteiger partial charge is 0.462 e. The molecular weight excluding hydrogens is 334 g/mol. The molecule has 0 aliphatic carbocycles. The summed E-state index contributed by atoms with van der Waals surface area (Å²) < 4.78 is 5.33. The van der Waals surface area contributed by atoms with Gasteiger partial charge in [0, 0.05) is 12.2 Å². The normalized spacial score (nSPS) is 12.3. The van der Waals surface area contributed by atoms with Crippen LogP contribution in [0.5, 0.6) is 0 Å². The van der Waals surface area contributed by atoms with Crippen LogP contribution in [0.4, 0.5) is 11.8 Å². The van der Waals surface area contributed by atoms with E-state index in [1.165, 1.54) is 0 Å². The molecule has 9 nitrogen and oxygen atoms in total. The molecule has 0 amide bonds. The molecule has 0 spiro atoms. The van der Waals surface area contributed by atoms with Crippen molar-refractivity contribution in [2.24, 2.45) is 0 Å². The number of hydrogen-bond acceptors (Lipinski definition) is 9. The van der Waals surface area contributed by atoms with E-state index in [1.54, 1.807) is 19.2 Å². The van der Waals surface area contributed by atoms with Gasteiger partial charge in [0.1, 0.15) is 11.9 Å². The highest BCUT2D eigenvalue weighted by molar-refractivity contribution is 5.76. The summed E-state index contributed by atoms with van der Waals surface area (Å²) >= 11 is 0. The predicted octanol–water partition coefficient (Wildman–Crippen LogP) is 1.57. The summed E-state index contributed by atoms with van der Waals surface area (Å²) in [6.45, 7) is 9.37. The maximum Gasteiger partial charge on any atom is 0.323 e. The third-order valence-electron chi connectivity index (χ3n) is 3.25. The first-order valence-corrected chi connectivity index (χ1v) is 8.56. The molecule has 0 aromatic carbocycles. The van der Waals surface area contributed by atoms with Crippen LogP contribution in [-0.4, -0.2) is 49.5 Å². The smallest absolute Gasteiger partial charge is 0.323 e. The molecule has 9 heteroatoms. The molecule has 1 unspecified atom stereocenters. The summed E-state index contributed by atoms with van der Waals surface area (Å²) in [5, 5.41) is 21.6. The summed E-state index contributed by atoms with van der Waals surface area (Å²) in [4.78, 5) is 16.6. The number of pyridine rings is 1. The van der Waals surface area contributed by atoms with Crippen LogP contribution in [0, 0.1) is 6.92 Å². The van der Waals surface area contributed by atoms with Crippen molar-refractivity contribution in [3.05, 3.63) is 29.7 Å². The number of carbonyl (C=O) groups is 1. The molecule has 2 aromatic rings. The number of hydrogen-bond donors (Lipinski definition) is 2. The molecule has 26 heavy (non-hydrogen) atoms. The molecule has 0 saturated heterocycles. The zero-order chi connectivity index (χ0) is 19.1. The number of carbonyl (C=O) groups excluding carboxylic acids is 1. The van der Waals surface area contributed by atoms with Gasteiger partial charge in [0.15, 0.2) is 5.82 Å². The van der Waals surface area contributed by atoms with E-state index in [1.807, 2.05) is 33.8 Å². The van der Waals surface area contributed by atoms with Crippen molar-refractivity contribution in [1.82, 2.24) is 30.7 Å². The van der Waals surface area contributed by atoms with Crippen LogP contribution in [0.25, 0.3) is 0 Å². The Labute approximate surface area is 153 Å². The number of aryl methyl sites for hydroxylation is 1. The Morgan fingerprint density at radius 2 is 1.81 bits per heavy atom. The molecule has 2 rings (SSSR count). The van der Waals surface area contributed by atoms with E-state index in [2.05, 4.69) is 36.0 Å². The Balaban J connectivity index is 2.02. The molecule has 0 bridgehead atoms. The highest BCUT2D eigenvalue weighted by Crippen LogP contribution is 2.12. The zero-order valence-corrected chi connectivity index (χ0v) is 15.7.